The van der Waals surface area contributed by atoms with Gasteiger partial charge in [-0.25, -0.2) is 0 Å². The summed E-state index contributed by atoms with van der Waals surface area (Å²) in [4.78, 5) is 6.41. The van der Waals surface area contributed by atoms with E-state index in [4.69, 9.17) is 5.26 Å². The number of para-hydroxylation sites is 1. The van der Waals surface area contributed by atoms with Gasteiger partial charge in [0.2, 0.25) is 0 Å². The molecule has 1 aliphatic rings. The van der Waals surface area contributed by atoms with E-state index >= 15 is 0 Å². The molecule has 21 heavy (non-hydrogen) atoms. The average molecular weight is 303 g/mol. The first-order chi connectivity index (χ1) is 10.3. The lowest BCUT2D eigenvalue weighted by molar-refractivity contribution is 0.255. The molecule has 0 aromatic heterocycles. The summed E-state index contributed by atoms with van der Waals surface area (Å²) in [6, 6.07) is 11.0. The maximum absolute atomic E-state index is 8.61. The van der Waals surface area contributed by atoms with Crippen LogP contribution in [0.1, 0.15) is 26.2 Å². The van der Waals surface area contributed by atoms with Crippen molar-refractivity contribution in [3.05, 3.63) is 24.3 Å². The van der Waals surface area contributed by atoms with E-state index in [0.717, 1.165) is 39.1 Å². The van der Waals surface area contributed by atoms with Gasteiger partial charge in [0.05, 0.1) is 11.8 Å². The summed E-state index contributed by atoms with van der Waals surface area (Å²) < 4.78 is 0. The highest BCUT2D eigenvalue weighted by atomic mass is 32.2. The number of nitrogens with zero attached hydrogens (tertiary/aromatic N) is 3. The number of nitriles is 1. The van der Waals surface area contributed by atoms with Crippen LogP contribution in [-0.4, -0.2) is 43.4 Å². The van der Waals surface area contributed by atoms with Crippen LogP contribution >= 0.6 is 11.8 Å². The van der Waals surface area contributed by atoms with Crippen molar-refractivity contribution in [2.45, 2.75) is 31.1 Å². The fourth-order valence-corrected chi connectivity index (χ4v) is 3.59. The Labute approximate surface area is 132 Å². The van der Waals surface area contributed by atoms with Crippen LogP contribution in [0.15, 0.2) is 29.2 Å². The Balaban J connectivity index is 1.88. The lowest BCUT2D eigenvalue weighted by Gasteiger charge is -2.36. The van der Waals surface area contributed by atoms with E-state index in [1.807, 2.05) is 11.8 Å². The second-order valence-electron chi connectivity index (χ2n) is 5.41. The Bertz CT molecular complexity index is 461. The Hall–Kier alpha value is -1.18. The highest BCUT2D eigenvalue weighted by molar-refractivity contribution is 7.99. The topological polar surface area (TPSA) is 30.3 Å². The van der Waals surface area contributed by atoms with Crippen LogP contribution in [0.25, 0.3) is 0 Å². The molecular weight excluding hydrogens is 278 g/mol. The van der Waals surface area contributed by atoms with Crippen molar-refractivity contribution in [2.24, 2.45) is 0 Å². The molecule has 1 aromatic rings. The van der Waals surface area contributed by atoms with Gasteiger partial charge in [-0.15, -0.1) is 11.8 Å². The summed E-state index contributed by atoms with van der Waals surface area (Å²) >= 11 is 1.97. The molecule has 114 valence electrons. The summed E-state index contributed by atoms with van der Waals surface area (Å²) in [6.45, 7) is 7.70. The minimum atomic E-state index is 0.677. The normalized spacial score (nSPS) is 15.9. The van der Waals surface area contributed by atoms with Crippen molar-refractivity contribution in [2.75, 3.05) is 43.4 Å². The van der Waals surface area contributed by atoms with Gasteiger partial charge in [-0.2, -0.15) is 5.26 Å². The zero-order valence-corrected chi connectivity index (χ0v) is 13.7. The molecule has 0 N–H and O–H groups in total. The molecule has 0 saturated carbocycles. The lowest BCUT2D eigenvalue weighted by Crippen LogP contribution is -2.46. The molecule has 0 unspecified atom stereocenters. The second kappa shape index (κ2) is 8.96. The summed E-state index contributed by atoms with van der Waals surface area (Å²) in [5.41, 5.74) is 1.40. The van der Waals surface area contributed by atoms with Crippen molar-refractivity contribution >= 4 is 17.4 Å². The van der Waals surface area contributed by atoms with Crippen molar-refractivity contribution in [3.8, 4) is 6.07 Å². The Morgan fingerprint density at radius 3 is 2.67 bits per heavy atom. The van der Waals surface area contributed by atoms with E-state index in [9.17, 15) is 0 Å². The van der Waals surface area contributed by atoms with Gasteiger partial charge in [0, 0.05) is 37.5 Å². The Morgan fingerprint density at radius 2 is 1.95 bits per heavy atom. The molecule has 0 amide bonds. The van der Waals surface area contributed by atoms with Crippen LogP contribution in [0.5, 0.6) is 0 Å². The number of hydrogen-bond acceptors (Lipinski definition) is 4. The highest BCUT2D eigenvalue weighted by Crippen LogP contribution is 2.31. The van der Waals surface area contributed by atoms with Gasteiger partial charge in [0.1, 0.15) is 0 Å². The maximum Gasteiger partial charge on any atom is 0.0622 e. The quantitative estimate of drug-likeness (QED) is 0.568. The van der Waals surface area contributed by atoms with E-state index < -0.39 is 0 Å². The molecule has 1 aromatic carbocycles. The molecule has 3 nitrogen and oxygen atoms in total. The fraction of sp³-hybridized carbons (Fsp3) is 0.588. The number of rotatable bonds is 7. The Kier molecular flexibility index (Phi) is 6.91. The number of anilines is 1. The van der Waals surface area contributed by atoms with Crippen LogP contribution in [0.4, 0.5) is 5.69 Å². The standard InChI is InChI=1S/C17H25N3S/c1-2-15-21-17-8-4-3-7-16(17)20-13-11-19(12-14-20)10-6-5-9-18/h3-4,7-8H,2,5-6,10-15H2,1H3. The van der Waals surface area contributed by atoms with Gasteiger partial charge in [0.15, 0.2) is 0 Å². The molecule has 0 aliphatic carbocycles. The predicted molar refractivity (Wildman–Crippen MR) is 91.0 cm³/mol. The molecule has 1 fully saturated rings. The van der Waals surface area contributed by atoms with Crippen molar-refractivity contribution in [1.82, 2.24) is 4.90 Å². The first-order valence-electron chi connectivity index (χ1n) is 7.91. The zero-order chi connectivity index (χ0) is 14.9. The molecule has 1 aliphatic heterocycles. The molecule has 0 atom stereocenters. The summed E-state index contributed by atoms with van der Waals surface area (Å²) in [7, 11) is 0. The van der Waals surface area contributed by atoms with E-state index in [1.165, 1.54) is 22.8 Å². The number of hydrogen-bond donors (Lipinski definition) is 0. The van der Waals surface area contributed by atoms with Crippen LogP contribution in [0.2, 0.25) is 0 Å². The molecule has 1 saturated heterocycles. The van der Waals surface area contributed by atoms with Gasteiger partial charge in [-0.05, 0) is 37.3 Å². The number of unbranched alkanes of at least 4 members (excludes halogenated alkanes) is 1. The summed E-state index contributed by atoms with van der Waals surface area (Å²) in [5, 5.41) is 8.61. The minimum Gasteiger partial charge on any atom is -0.368 e. The molecule has 0 spiro atoms. The van der Waals surface area contributed by atoms with Crippen molar-refractivity contribution < 1.29 is 0 Å². The van der Waals surface area contributed by atoms with Crippen LogP contribution in [0.3, 0.4) is 0 Å². The number of piperazine rings is 1. The van der Waals surface area contributed by atoms with E-state index in [1.54, 1.807) is 0 Å². The highest BCUT2D eigenvalue weighted by Gasteiger charge is 2.18. The molecular formula is C17H25N3S. The molecule has 2 rings (SSSR count). The van der Waals surface area contributed by atoms with Gasteiger partial charge < -0.3 is 4.90 Å². The van der Waals surface area contributed by atoms with E-state index in [-0.39, 0.29) is 0 Å². The zero-order valence-electron chi connectivity index (χ0n) is 12.9. The fourth-order valence-electron chi connectivity index (χ4n) is 2.65. The second-order valence-corrected chi connectivity index (χ2v) is 6.54. The third-order valence-electron chi connectivity index (χ3n) is 3.80. The monoisotopic (exact) mass is 303 g/mol. The smallest absolute Gasteiger partial charge is 0.0622 e. The first-order valence-corrected chi connectivity index (χ1v) is 8.89. The van der Waals surface area contributed by atoms with E-state index in [2.05, 4.69) is 47.1 Å². The van der Waals surface area contributed by atoms with Gasteiger partial charge in [0.25, 0.3) is 0 Å². The molecule has 1 heterocycles. The van der Waals surface area contributed by atoms with Crippen LogP contribution < -0.4 is 4.90 Å². The van der Waals surface area contributed by atoms with Gasteiger partial charge >= 0.3 is 0 Å². The largest absolute Gasteiger partial charge is 0.368 e. The molecule has 0 radical (unpaired) electrons. The van der Waals surface area contributed by atoms with Gasteiger partial charge in [-0.1, -0.05) is 19.1 Å². The number of thioether (sulfide) groups is 1. The lowest BCUT2D eigenvalue weighted by atomic mass is 10.2. The predicted octanol–water partition coefficient (Wildman–Crippen LogP) is 3.61. The van der Waals surface area contributed by atoms with Crippen LogP contribution in [-0.2, 0) is 0 Å². The first kappa shape index (κ1) is 16.2. The van der Waals surface area contributed by atoms with Crippen molar-refractivity contribution in [1.29, 1.82) is 5.26 Å². The Morgan fingerprint density at radius 1 is 1.19 bits per heavy atom. The third kappa shape index (κ3) is 4.94. The van der Waals surface area contributed by atoms with Crippen molar-refractivity contribution in [3.63, 3.8) is 0 Å². The molecule has 4 heteroatoms. The number of benzene rings is 1. The van der Waals surface area contributed by atoms with Crippen LogP contribution in [0, 0.1) is 11.3 Å². The summed E-state index contributed by atoms with van der Waals surface area (Å²) in [5.74, 6) is 1.19. The SMILES string of the molecule is CCCSc1ccccc1N1CCN(CCCC#N)CC1. The third-order valence-corrected chi connectivity index (χ3v) is 5.07. The summed E-state index contributed by atoms with van der Waals surface area (Å²) in [6.07, 6.45) is 2.89. The average Bonchev–Trinajstić information content (AvgIpc) is 2.54. The molecule has 0 bridgehead atoms. The van der Waals surface area contributed by atoms with E-state index in [0.29, 0.717) is 6.42 Å². The maximum atomic E-state index is 8.61. The minimum absolute atomic E-state index is 0.677. The van der Waals surface area contributed by atoms with Gasteiger partial charge in [-0.3, -0.25) is 4.90 Å².